The highest BCUT2D eigenvalue weighted by molar-refractivity contribution is 5.73. The number of rotatable bonds is 7. The van der Waals surface area contributed by atoms with Crippen molar-refractivity contribution in [2.45, 2.75) is 25.4 Å². The van der Waals surface area contributed by atoms with Crippen molar-refractivity contribution in [2.75, 3.05) is 20.7 Å². The highest BCUT2D eigenvalue weighted by atomic mass is 16.5. The van der Waals surface area contributed by atoms with Gasteiger partial charge in [0.25, 0.3) is 0 Å². The Hall–Kier alpha value is -1.59. The normalized spacial score (nSPS) is 14.2. The van der Waals surface area contributed by atoms with Crippen LogP contribution in [0.1, 0.15) is 12.5 Å². The van der Waals surface area contributed by atoms with E-state index in [1.165, 1.54) is 0 Å². The standard InChI is InChI=1S/C14H22N2O3/c1-10(16(2)12(9-15)14(17)18)8-11-6-4-5-7-13(11)19-3/h4-7,10,12H,8-9,15H2,1-3H3,(H,17,18). The molecule has 19 heavy (non-hydrogen) atoms. The summed E-state index contributed by atoms with van der Waals surface area (Å²) in [5.41, 5.74) is 6.58. The molecule has 0 aliphatic heterocycles. The second-order valence-corrected chi connectivity index (χ2v) is 4.62. The molecule has 0 amide bonds. The van der Waals surface area contributed by atoms with Crippen LogP contribution in [0, 0.1) is 0 Å². The van der Waals surface area contributed by atoms with Crippen molar-refractivity contribution in [1.29, 1.82) is 0 Å². The molecule has 0 spiro atoms. The smallest absolute Gasteiger partial charge is 0.322 e. The van der Waals surface area contributed by atoms with Gasteiger partial charge in [-0.2, -0.15) is 0 Å². The average molecular weight is 266 g/mol. The molecule has 0 fully saturated rings. The molecule has 1 aromatic rings. The van der Waals surface area contributed by atoms with Crippen LogP contribution in [0.5, 0.6) is 5.75 Å². The second-order valence-electron chi connectivity index (χ2n) is 4.62. The molecule has 0 aliphatic rings. The fourth-order valence-corrected chi connectivity index (χ4v) is 2.08. The quantitative estimate of drug-likeness (QED) is 0.769. The zero-order valence-corrected chi connectivity index (χ0v) is 11.7. The predicted molar refractivity (Wildman–Crippen MR) is 74.4 cm³/mol. The molecular weight excluding hydrogens is 244 g/mol. The summed E-state index contributed by atoms with van der Waals surface area (Å²) >= 11 is 0. The van der Waals surface area contributed by atoms with Crippen LogP contribution in [-0.4, -0.2) is 48.8 Å². The highest BCUT2D eigenvalue weighted by Crippen LogP contribution is 2.20. The summed E-state index contributed by atoms with van der Waals surface area (Å²) < 4.78 is 5.30. The van der Waals surface area contributed by atoms with Gasteiger partial charge >= 0.3 is 5.97 Å². The van der Waals surface area contributed by atoms with Gasteiger partial charge < -0.3 is 15.6 Å². The second kappa shape index (κ2) is 7.11. The molecular formula is C14H22N2O3. The summed E-state index contributed by atoms with van der Waals surface area (Å²) in [5.74, 6) is -0.0701. The maximum Gasteiger partial charge on any atom is 0.322 e. The number of methoxy groups -OCH3 is 1. The lowest BCUT2D eigenvalue weighted by atomic mass is 10.0. The Kier molecular flexibility index (Phi) is 5.79. The van der Waals surface area contributed by atoms with E-state index in [9.17, 15) is 4.79 Å². The van der Waals surface area contributed by atoms with E-state index < -0.39 is 12.0 Å². The van der Waals surface area contributed by atoms with E-state index >= 15 is 0 Å². The molecule has 0 aliphatic carbocycles. The van der Waals surface area contributed by atoms with Crippen molar-refractivity contribution in [2.24, 2.45) is 5.73 Å². The molecule has 2 atom stereocenters. The first kappa shape index (κ1) is 15.5. The summed E-state index contributed by atoms with van der Waals surface area (Å²) in [6.07, 6.45) is 0.713. The molecule has 0 aromatic heterocycles. The van der Waals surface area contributed by atoms with E-state index in [2.05, 4.69) is 0 Å². The molecule has 2 unspecified atom stereocenters. The molecule has 5 nitrogen and oxygen atoms in total. The van der Waals surface area contributed by atoms with Crippen molar-refractivity contribution in [3.05, 3.63) is 29.8 Å². The number of carbonyl (C=O) groups is 1. The number of aliphatic carboxylic acids is 1. The summed E-state index contributed by atoms with van der Waals surface area (Å²) in [4.78, 5) is 12.9. The van der Waals surface area contributed by atoms with Gasteiger partial charge in [0.2, 0.25) is 0 Å². The Bertz CT molecular complexity index is 423. The van der Waals surface area contributed by atoms with Gasteiger partial charge in [-0.25, -0.2) is 0 Å². The number of hydrogen-bond acceptors (Lipinski definition) is 4. The van der Waals surface area contributed by atoms with Crippen LogP contribution >= 0.6 is 0 Å². The Morgan fingerprint density at radius 3 is 2.63 bits per heavy atom. The largest absolute Gasteiger partial charge is 0.496 e. The number of hydrogen-bond donors (Lipinski definition) is 2. The van der Waals surface area contributed by atoms with Gasteiger partial charge in [0.15, 0.2) is 0 Å². The van der Waals surface area contributed by atoms with Gasteiger partial charge in [-0.15, -0.1) is 0 Å². The van der Waals surface area contributed by atoms with Crippen LogP contribution < -0.4 is 10.5 Å². The fourth-order valence-electron chi connectivity index (χ4n) is 2.08. The Morgan fingerprint density at radius 1 is 1.47 bits per heavy atom. The number of carboxylic acid groups (broad SMARTS) is 1. The zero-order valence-electron chi connectivity index (χ0n) is 11.7. The summed E-state index contributed by atoms with van der Waals surface area (Å²) in [5, 5.41) is 9.11. The van der Waals surface area contributed by atoms with E-state index in [0.717, 1.165) is 11.3 Å². The van der Waals surface area contributed by atoms with Crippen molar-refractivity contribution in [3.63, 3.8) is 0 Å². The number of nitrogens with zero attached hydrogens (tertiary/aromatic N) is 1. The maximum atomic E-state index is 11.1. The molecule has 0 saturated heterocycles. The average Bonchev–Trinajstić information content (AvgIpc) is 2.39. The molecule has 5 heteroatoms. The van der Waals surface area contributed by atoms with Gasteiger partial charge in [0, 0.05) is 12.6 Å². The maximum absolute atomic E-state index is 11.1. The monoisotopic (exact) mass is 266 g/mol. The van der Waals surface area contributed by atoms with E-state index in [-0.39, 0.29) is 12.6 Å². The molecule has 0 radical (unpaired) electrons. The Balaban J connectivity index is 2.78. The third kappa shape index (κ3) is 3.94. The predicted octanol–water partition coefficient (Wildman–Crippen LogP) is 0.970. The van der Waals surface area contributed by atoms with Crippen molar-refractivity contribution in [3.8, 4) is 5.75 Å². The van der Waals surface area contributed by atoms with Gasteiger partial charge in [-0.1, -0.05) is 18.2 Å². The molecule has 3 N–H and O–H groups in total. The minimum Gasteiger partial charge on any atom is -0.496 e. The number of carboxylic acids is 1. The lowest BCUT2D eigenvalue weighted by Gasteiger charge is -2.30. The van der Waals surface area contributed by atoms with E-state index in [0.29, 0.717) is 6.42 Å². The van der Waals surface area contributed by atoms with Gasteiger partial charge in [0.1, 0.15) is 11.8 Å². The molecule has 0 saturated carbocycles. The van der Waals surface area contributed by atoms with Crippen LogP contribution in [0.15, 0.2) is 24.3 Å². The number of nitrogens with two attached hydrogens (primary N) is 1. The van der Waals surface area contributed by atoms with E-state index in [4.69, 9.17) is 15.6 Å². The Morgan fingerprint density at radius 2 is 2.11 bits per heavy atom. The summed E-state index contributed by atoms with van der Waals surface area (Å²) in [6.45, 7) is 2.08. The lowest BCUT2D eigenvalue weighted by Crippen LogP contribution is -2.48. The number of benzene rings is 1. The van der Waals surface area contributed by atoms with Gasteiger partial charge in [0.05, 0.1) is 7.11 Å². The van der Waals surface area contributed by atoms with Crippen molar-refractivity contribution in [1.82, 2.24) is 4.90 Å². The topological polar surface area (TPSA) is 75.8 Å². The molecule has 0 bridgehead atoms. The van der Waals surface area contributed by atoms with Gasteiger partial charge in [-0.05, 0) is 32.0 Å². The van der Waals surface area contributed by atoms with E-state index in [1.54, 1.807) is 19.1 Å². The summed E-state index contributed by atoms with van der Waals surface area (Å²) in [6, 6.07) is 7.14. The van der Waals surface area contributed by atoms with Crippen LogP contribution in [0.3, 0.4) is 0 Å². The zero-order chi connectivity index (χ0) is 14.4. The van der Waals surface area contributed by atoms with Crippen LogP contribution in [0.25, 0.3) is 0 Å². The third-order valence-electron chi connectivity index (χ3n) is 3.40. The highest BCUT2D eigenvalue weighted by Gasteiger charge is 2.25. The molecule has 1 aromatic carbocycles. The lowest BCUT2D eigenvalue weighted by molar-refractivity contribution is -0.143. The van der Waals surface area contributed by atoms with Gasteiger partial charge in [-0.3, -0.25) is 9.69 Å². The van der Waals surface area contributed by atoms with Crippen LogP contribution in [0.2, 0.25) is 0 Å². The molecule has 1 rings (SSSR count). The molecule has 0 heterocycles. The SMILES string of the molecule is COc1ccccc1CC(C)N(C)C(CN)C(=O)O. The van der Waals surface area contributed by atoms with Crippen molar-refractivity contribution < 1.29 is 14.6 Å². The fraction of sp³-hybridized carbons (Fsp3) is 0.500. The third-order valence-corrected chi connectivity index (χ3v) is 3.40. The van der Waals surface area contributed by atoms with Crippen molar-refractivity contribution >= 4 is 5.97 Å². The minimum absolute atomic E-state index is 0.0564. The first-order valence-corrected chi connectivity index (χ1v) is 6.28. The summed E-state index contributed by atoms with van der Waals surface area (Å²) in [7, 11) is 3.42. The number of para-hydroxylation sites is 1. The van der Waals surface area contributed by atoms with E-state index in [1.807, 2.05) is 31.2 Å². The number of ether oxygens (including phenoxy) is 1. The number of likely N-dealkylation sites (N-methyl/N-ethyl adjacent to an activating group) is 1. The Labute approximate surface area is 114 Å². The first-order chi connectivity index (χ1) is 9.01. The minimum atomic E-state index is -0.892. The first-order valence-electron chi connectivity index (χ1n) is 6.28. The van der Waals surface area contributed by atoms with Crippen LogP contribution in [0.4, 0.5) is 0 Å². The van der Waals surface area contributed by atoms with Crippen LogP contribution in [-0.2, 0) is 11.2 Å². The molecule has 106 valence electrons.